The number of hydrogen-bond donors (Lipinski definition) is 0. The maximum absolute atomic E-state index is 11.1. The molecule has 2 unspecified atom stereocenters. The summed E-state index contributed by atoms with van der Waals surface area (Å²) in [4.78, 5) is 13.3. The van der Waals surface area contributed by atoms with Crippen LogP contribution in [0.5, 0.6) is 0 Å². The molecule has 18 heavy (non-hydrogen) atoms. The van der Waals surface area contributed by atoms with Crippen molar-refractivity contribution < 1.29 is 9.53 Å². The predicted molar refractivity (Wildman–Crippen MR) is 72.6 cm³/mol. The molecule has 1 heterocycles. The summed E-state index contributed by atoms with van der Waals surface area (Å²) in [6.45, 7) is 10.0. The lowest BCUT2D eigenvalue weighted by Gasteiger charge is -2.35. The fraction of sp³-hybridized carbons (Fsp3) is 0.533. The molecule has 2 atom stereocenters. The topological polar surface area (TPSA) is 29.5 Å². The fourth-order valence-corrected chi connectivity index (χ4v) is 2.83. The second kappa shape index (κ2) is 4.30. The first kappa shape index (κ1) is 12.9. The summed E-state index contributed by atoms with van der Waals surface area (Å²) in [7, 11) is 0. The van der Waals surface area contributed by atoms with Gasteiger partial charge in [-0.3, -0.25) is 4.79 Å². The van der Waals surface area contributed by atoms with Crippen molar-refractivity contribution in [1.29, 1.82) is 0 Å². The molecule has 1 aliphatic rings. The number of anilines is 1. The number of benzene rings is 1. The van der Waals surface area contributed by atoms with Crippen LogP contribution in [0.25, 0.3) is 0 Å². The third-order valence-corrected chi connectivity index (χ3v) is 4.07. The molecule has 0 fully saturated rings. The average Bonchev–Trinajstić information content (AvgIpc) is 2.47. The summed E-state index contributed by atoms with van der Waals surface area (Å²) < 4.78 is 5.34. The van der Waals surface area contributed by atoms with Gasteiger partial charge in [0.1, 0.15) is 0 Å². The van der Waals surface area contributed by atoms with E-state index < -0.39 is 0 Å². The number of ether oxygens (including phenoxy) is 1. The van der Waals surface area contributed by atoms with Crippen LogP contribution in [-0.4, -0.2) is 18.2 Å². The van der Waals surface area contributed by atoms with Crippen LogP contribution in [0.4, 0.5) is 5.69 Å². The molecule has 98 valence electrons. The number of fused-ring (bicyclic) bond motifs is 1. The molecule has 1 aromatic carbocycles. The molecule has 0 aliphatic carbocycles. The largest absolute Gasteiger partial charge is 0.442 e. The summed E-state index contributed by atoms with van der Waals surface area (Å²) in [6.07, 6.45) is -0.236. The number of para-hydroxylation sites is 1. The summed E-state index contributed by atoms with van der Waals surface area (Å²) in [5, 5.41) is 0. The van der Waals surface area contributed by atoms with Gasteiger partial charge in [0.05, 0.1) is 0 Å². The van der Waals surface area contributed by atoms with Crippen molar-refractivity contribution in [3.05, 3.63) is 29.8 Å². The van der Waals surface area contributed by atoms with Gasteiger partial charge in [0.25, 0.3) is 0 Å². The minimum atomic E-state index is -0.239. The Kier molecular flexibility index (Phi) is 3.09. The van der Waals surface area contributed by atoms with Crippen molar-refractivity contribution in [3.8, 4) is 0 Å². The average molecular weight is 247 g/mol. The first-order valence-electron chi connectivity index (χ1n) is 6.40. The van der Waals surface area contributed by atoms with Gasteiger partial charge < -0.3 is 9.64 Å². The van der Waals surface area contributed by atoms with Crippen LogP contribution in [0.2, 0.25) is 0 Å². The van der Waals surface area contributed by atoms with Gasteiger partial charge in [0.2, 0.25) is 0 Å². The van der Waals surface area contributed by atoms with E-state index in [2.05, 4.69) is 43.9 Å². The van der Waals surface area contributed by atoms with Crippen LogP contribution in [0.3, 0.4) is 0 Å². The molecule has 0 aromatic heterocycles. The Morgan fingerprint density at radius 1 is 1.39 bits per heavy atom. The maximum Gasteiger partial charge on any atom is 0.304 e. The van der Waals surface area contributed by atoms with Gasteiger partial charge >= 0.3 is 5.97 Å². The first-order valence-corrected chi connectivity index (χ1v) is 6.40. The van der Waals surface area contributed by atoms with Crippen molar-refractivity contribution in [2.75, 3.05) is 4.90 Å². The van der Waals surface area contributed by atoms with E-state index >= 15 is 0 Å². The number of carbonyl (C=O) groups excluding carboxylic acids is 1. The van der Waals surface area contributed by atoms with Crippen LogP contribution in [0.1, 0.15) is 40.2 Å². The van der Waals surface area contributed by atoms with Crippen LogP contribution in [0, 0.1) is 0 Å². The van der Waals surface area contributed by atoms with Crippen molar-refractivity contribution >= 4 is 11.7 Å². The van der Waals surface area contributed by atoms with Crippen molar-refractivity contribution in [1.82, 2.24) is 0 Å². The maximum atomic E-state index is 11.1. The second-order valence-corrected chi connectivity index (χ2v) is 5.53. The quantitative estimate of drug-likeness (QED) is 0.752. The zero-order chi connectivity index (χ0) is 13.5. The summed E-state index contributed by atoms with van der Waals surface area (Å²) in [5.41, 5.74) is 2.55. The Hall–Kier alpha value is -1.51. The number of carbonyl (C=O) groups is 1. The summed E-state index contributed by atoms with van der Waals surface area (Å²) >= 11 is 0. The Balaban J connectivity index is 2.41. The molecule has 3 heteroatoms. The van der Waals surface area contributed by atoms with E-state index in [-0.39, 0.29) is 17.6 Å². The van der Waals surface area contributed by atoms with Gasteiger partial charge in [0, 0.05) is 24.1 Å². The second-order valence-electron chi connectivity index (χ2n) is 5.53. The third kappa shape index (κ3) is 1.88. The Labute approximate surface area is 109 Å². The molecule has 0 amide bonds. The SMILES string of the molecule is CC(=O)OC(C)N1c2ccccc2C(C)(C)C1C. The van der Waals surface area contributed by atoms with E-state index in [1.807, 2.05) is 13.0 Å². The van der Waals surface area contributed by atoms with Gasteiger partial charge in [-0.25, -0.2) is 0 Å². The lowest BCUT2D eigenvalue weighted by Crippen LogP contribution is -2.45. The molecule has 0 N–H and O–H groups in total. The Morgan fingerprint density at radius 3 is 2.61 bits per heavy atom. The van der Waals surface area contributed by atoms with E-state index in [9.17, 15) is 4.79 Å². The van der Waals surface area contributed by atoms with E-state index in [1.54, 1.807) is 0 Å². The molecule has 0 spiro atoms. The third-order valence-electron chi connectivity index (χ3n) is 4.07. The number of esters is 1. The number of rotatable bonds is 2. The normalized spacial score (nSPS) is 22.5. The zero-order valence-corrected chi connectivity index (χ0v) is 11.7. The van der Waals surface area contributed by atoms with Gasteiger partial charge in [0.15, 0.2) is 6.23 Å². The highest BCUT2D eigenvalue weighted by Gasteiger charge is 2.43. The van der Waals surface area contributed by atoms with E-state index in [4.69, 9.17) is 4.74 Å². The molecule has 3 nitrogen and oxygen atoms in total. The van der Waals surface area contributed by atoms with Crippen LogP contribution < -0.4 is 4.90 Å². The van der Waals surface area contributed by atoms with Crippen molar-refractivity contribution in [3.63, 3.8) is 0 Å². The Morgan fingerprint density at radius 2 is 2.00 bits per heavy atom. The van der Waals surface area contributed by atoms with Gasteiger partial charge in [-0.1, -0.05) is 32.0 Å². The molecule has 2 rings (SSSR count). The van der Waals surface area contributed by atoms with Gasteiger partial charge in [-0.15, -0.1) is 0 Å². The molecule has 1 aromatic rings. The molecule has 0 saturated carbocycles. The highest BCUT2D eigenvalue weighted by Crippen LogP contribution is 2.45. The van der Waals surface area contributed by atoms with E-state index in [0.29, 0.717) is 6.04 Å². The van der Waals surface area contributed by atoms with Crippen LogP contribution in [-0.2, 0) is 14.9 Å². The predicted octanol–water partition coefficient (Wildman–Crippen LogP) is 3.08. The van der Waals surface area contributed by atoms with Crippen molar-refractivity contribution in [2.45, 2.75) is 52.3 Å². The number of hydrogen-bond acceptors (Lipinski definition) is 3. The number of nitrogens with zero attached hydrogens (tertiary/aromatic N) is 1. The Bertz CT molecular complexity index is 467. The molecule has 0 saturated heterocycles. The van der Waals surface area contributed by atoms with Gasteiger partial charge in [-0.05, 0) is 25.5 Å². The fourth-order valence-electron chi connectivity index (χ4n) is 2.83. The highest BCUT2D eigenvalue weighted by atomic mass is 16.6. The van der Waals surface area contributed by atoms with Gasteiger partial charge in [-0.2, -0.15) is 0 Å². The van der Waals surface area contributed by atoms with E-state index in [0.717, 1.165) is 0 Å². The smallest absolute Gasteiger partial charge is 0.304 e. The molecular weight excluding hydrogens is 226 g/mol. The van der Waals surface area contributed by atoms with Crippen molar-refractivity contribution in [2.24, 2.45) is 0 Å². The standard InChI is InChI=1S/C15H21NO2/c1-10-15(4,5)13-8-6-7-9-14(13)16(10)11(2)18-12(3)17/h6-11H,1-5H3. The zero-order valence-electron chi connectivity index (χ0n) is 11.7. The molecular formula is C15H21NO2. The van der Waals surface area contributed by atoms with E-state index in [1.165, 1.54) is 18.2 Å². The molecule has 1 aliphatic heterocycles. The summed E-state index contributed by atoms with van der Waals surface area (Å²) in [5.74, 6) is -0.239. The monoisotopic (exact) mass is 247 g/mol. The minimum absolute atomic E-state index is 0.0605. The van der Waals surface area contributed by atoms with Crippen LogP contribution >= 0.6 is 0 Å². The highest BCUT2D eigenvalue weighted by molar-refractivity contribution is 5.68. The lowest BCUT2D eigenvalue weighted by molar-refractivity contribution is -0.145. The first-order chi connectivity index (χ1) is 8.35. The minimum Gasteiger partial charge on any atom is -0.442 e. The lowest BCUT2D eigenvalue weighted by atomic mass is 9.81. The summed E-state index contributed by atoms with van der Waals surface area (Å²) in [6, 6.07) is 8.64. The van der Waals surface area contributed by atoms with Crippen LogP contribution in [0.15, 0.2) is 24.3 Å². The molecule has 0 bridgehead atoms. The molecule has 0 radical (unpaired) electrons.